The lowest BCUT2D eigenvalue weighted by Crippen LogP contribution is -2.33. The molecule has 1 rings (SSSR count). The number of carbonyl (C=O) groups is 1. The van der Waals surface area contributed by atoms with Gasteiger partial charge in [-0.25, -0.2) is 4.79 Å². The minimum absolute atomic E-state index is 0.356. The molecule has 16 heavy (non-hydrogen) atoms. The van der Waals surface area contributed by atoms with Crippen LogP contribution in [0.4, 0.5) is 4.79 Å². The number of rotatable bonds is 4. The molecule has 0 bridgehead atoms. The van der Waals surface area contributed by atoms with Crippen LogP contribution in [0.5, 0.6) is 0 Å². The summed E-state index contributed by atoms with van der Waals surface area (Å²) in [7, 11) is 0. The van der Waals surface area contributed by atoms with E-state index in [0.29, 0.717) is 6.54 Å². The van der Waals surface area contributed by atoms with Crippen LogP contribution in [0, 0.1) is 0 Å². The van der Waals surface area contributed by atoms with Gasteiger partial charge in [0.15, 0.2) is 0 Å². The smallest absolute Gasteiger partial charge is 0.407 e. The summed E-state index contributed by atoms with van der Waals surface area (Å²) in [5.74, 6) is 0. The maximum atomic E-state index is 11.3. The van der Waals surface area contributed by atoms with Crippen LogP contribution in [-0.2, 0) is 4.74 Å². The quantitative estimate of drug-likeness (QED) is 0.723. The number of allylic oxidation sites excluding steroid dienone is 2. The third kappa shape index (κ3) is 5.63. The van der Waals surface area contributed by atoms with Gasteiger partial charge in [-0.15, -0.1) is 0 Å². The van der Waals surface area contributed by atoms with E-state index in [0.717, 1.165) is 31.4 Å². The molecule has 0 atom stereocenters. The number of nitrogens with one attached hydrogen (secondary N) is 1. The van der Waals surface area contributed by atoms with Crippen LogP contribution in [0.25, 0.3) is 0 Å². The number of amides is 1. The Bertz CT molecular complexity index is 284. The molecule has 1 saturated carbocycles. The molecule has 1 fully saturated rings. The molecule has 0 radical (unpaired) electrons. The number of ether oxygens (including phenoxy) is 1. The van der Waals surface area contributed by atoms with Crippen LogP contribution in [0.1, 0.15) is 46.5 Å². The van der Waals surface area contributed by atoms with Crippen molar-refractivity contribution >= 4 is 6.09 Å². The summed E-state index contributed by atoms with van der Waals surface area (Å²) < 4.78 is 5.11. The van der Waals surface area contributed by atoms with Crippen LogP contribution < -0.4 is 11.1 Å². The van der Waals surface area contributed by atoms with Gasteiger partial charge in [0.05, 0.1) is 0 Å². The second-order valence-electron chi connectivity index (χ2n) is 5.16. The Hall–Kier alpha value is -1.19. The maximum Gasteiger partial charge on any atom is 0.407 e. The van der Waals surface area contributed by atoms with Crippen molar-refractivity contribution in [2.75, 3.05) is 6.54 Å². The Kier molecular flexibility index (Phi) is 4.21. The summed E-state index contributed by atoms with van der Waals surface area (Å²) in [5.41, 5.74) is 7.79. The second-order valence-corrected chi connectivity index (χ2v) is 5.16. The van der Waals surface area contributed by atoms with E-state index in [1.807, 2.05) is 20.8 Å². The van der Waals surface area contributed by atoms with Gasteiger partial charge in [0.2, 0.25) is 0 Å². The molecule has 0 saturated heterocycles. The van der Waals surface area contributed by atoms with Crippen molar-refractivity contribution in [3.8, 4) is 0 Å². The van der Waals surface area contributed by atoms with Gasteiger partial charge >= 0.3 is 6.09 Å². The second kappa shape index (κ2) is 5.23. The van der Waals surface area contributed by atoms with Gasteiger partial charge in [-0.1, -0.05) is 5.57 Å². The molecule has 92 valence electrons. The fourth-order valence-electron chi connectivity index (χ4n) is 1.34. The lowest BCUT2D eigenvalue weighted by Gasteiger charge is -2.19. The van der Waals surface area contributed by atoms with Crippen LogP contribution in [0.15, 0.2) is 11.3 Å². The van der Waals surface area contributed by atoms with E-state index in [4.69, 9.17) is 10.5 Å². The van der Waals surface area contributed by atoms with Crippen LogP contribution in [-0.4, -0.2) is 18.2 Å². The van der Waals surface area contributed by atoms with E-state index in [1.54, 1.807) is 0 Å². The number of carbonyl (C=O) groups excluding carboxylic acids is 1. The molecule has 3 N–H and O–H groups in total. The van der Waals surface area contributed by atoms with E-state index < -0.39 is 5.60 Å². The number of hydrogen-bond acceptors (Lipinski definition) is 3. The van der Waals surface area contributed by atoms with Crippen LogP contribution >= 0.6 is 0 Å². The summed E-state index contributed by atoms with van der Waals surface area (Å²) in [6, 6.07) is 0. The zero-order valence-corrected chi connectivity index (χ0v) is 10.4. The SMILES string of the molecule is CC(C)(C)OC(=O)NCCCC(N)=C1CC1. The summed E-state index contributed by atoms with van der Waals surface area (Å²) in [4.78, 5) is 11.3. The molecular weight excluding hydrogens is 204 g/mol. The largest absolute Gasteiger partial charge is 0.444 e. The lowest BCUT2D eigenvalue weighted by atomic mass is 10.2. The van der Waals surface area contributed by atoms with Gasteiger partial charge in [-0.2, -0.15) is 0 Å². The number of hydrogen-bond donors (Lipinski definition) is 2. The van der Waals surface area contributed by atoms with Gasteiger partial charge in [0.25, 0.3) is 0 Å². The summed E-state index contributed by atoms with van der Waals surface area (Å²) in [6.45, 7) is 6.16. The van der Waals surface area contributed by atoms with Crippen LogP contribution in [0.2, 0.25) is 0 Å². The van der Waals surface area contributed by atoms with E-state index in [-0.39, 0.29) is 6.09 Å². The molecule has 0 aliphatic heterocycles. The highest BCUT2D eigenvalue weighted by Gasteiger charge is 2.16. The van der Waals surface area contributed by atoms with Gasteiger partial charge in [0.1, 0.15) is 5.60 Å². The van der Waals surface area contributed by atoms with Crippen molar-refractivity contribution in [2.45, 2.75) is 52.1 Å². The highest BCUT2D eigenvalue weighted by Crippen LogP contribution is 2.30. The molecule has 0 aromatic heterocycles. The molecule has 0 aromatic rings. The first-order chi connectivity index (χ1) is 7.38. The summed E-state index contributed by atoms with van der Waals surface area (Å²) >= 11 is 0. The Balaban J connectivity index is 2.07. The fourth-order valence-corrected chi connectivity index (χ4v) is 1.34. The minimum Gasteiger partial charge on any atom is -0.444 e. The Morgan fingerprint density at radius 3 is 2.56 bits per heavy atom. The van der Waals surface area contributed by atoms with Crippen LogP contribution in [0.3, 0.4) is 0 Å². The molecular formula is C12H22N2O2. The van der Waals surface area contributed by atoms with Crippen molar-refractivity contribution in [3.63, 3.8) is 0 Å². The molecule has 0 unspecified atom stereocenters. The first kappa shape index (κ1) is 12.9. The topological polar surface area (TPSA) is 64.3 Å². The lowest BCUT2D eigenvalue weighted by molar-refractivity contribution is 0.0527. The van der Waals surface area contributed by atoms with Crippen molar-refractivity contribution in [1.29, 1.82) is 0 Å². The number of nitrogens with two attached hydrogens (primary N) is 1. The average molecular weight is 226 g/mol. The van der Waals surface area contributed by atoms with Gasteiger partial charge in [-0.3, -0.25) is 0 Å². The Labute approximate surface area is 97.2 Å². The minimum atomic E-state index is -0.431. The summed E-state index contributed by atoms with van der Waals surface area (Å²) in [6.07, 6.45) is 3.70. The third-order valence-corrected chi connectivity index (χ3v) is 2.25. The Morgan fingerprint density at radius 2 is 2.06 bits per heavy atom. The highest BCUT2D eigenvalue weighted by atomic mass is 16.6. The highest BCUT2D eigenvalue weighted by molar-refractivity contribution is 5.67. The fraction of sp³-hybridized carbons (Fsp3) is 0.750. The van der Waals surface area contributed by atoms with E-state index in [9.17, 15) is 4.79 Å². The van der Waals surface area contributed by atoms with Crippen molar-refractivity contribution in [1.82, 2.24) is 5.32 Å². The molecule has 1 aliphatic rings. The number of alkyl carbamates (subject to hydrolysis) is 1. The molecule has 0 aromatic carbocycles. The zero-order valence-electron chi connectivity index (χ0n) is 10.4. The molecule has 1 aliphatic carbocycles. The van der Waals surface area contributed by atoms with Gasteiger partial charge < -0.3 is 15.8 Å². The monoisotopic (exact) mass is 226 g/mol. The van der Waals surface area contributed by atoms with Crippen molar-refractivity contribution < 1.29 is 9.53 Å². The summed E-state index contributed by atoms with van der Waals surface area (Å²) in [5, 5.41) is 2.71. The maximum absolute atomic E-state index is 11.3. The molecule has 1 amide bonds. The molecule has 0 spiro atoms. The van der Waals surface area contributed by atoms with E-state index in [1.165, 1.54) is 5.57 Å². The molecule has 4 heteroatoms. The third-order valence-electron chi connectivity index (χ3n) is 2.25. The first-order valence-electron chi connectivity index (χ1n) is 5.82. The van der Waals surface area contributed by atoms with Gasteiger partial charge in [0, 0.05) is 12.2 Å². The van der Waals surface area contributed by atoms with Gasteiger partial charge in [-0.05, 0) is 46.5 Å². The first-order valence-corrected chi connectivity index (χ1v) is 5.82. The standard InChI is InChI=1S/C12H22N2O2/c1-12(2,3)16-11(15)14-8-4-5-10(13)9-6-7-9/h4-8,13H2,1-3H3,(H,14,15). The van der Waals surface area contributed by atoms with E-state index in [2.05, 4.69) is 5.32 Å². The van der Waals surface area contributed by atoms with E-state index >= 15 is 0 Å². The van der Waals surface area contributed by atoms with Crippen molar-refractivity contribution in [2.24, 2.45) is 5.73 Å². The predicted molar refractivity (Wildman–Crippen MR) is 63.9 cm³/mol. The molecule has 4 nitrogen and oxygen atoms in total. The average Bonchev–Trinajstić information content (AvgIpc) is 2.91. The Morgan fingerprint density at radius 1 is 1.44 bits per heavy atom. The molecule has 0 heterocycles. The predicted octanol–water partition coefficient (Wildman–Crippen LogP) is 2.30. The normalized spacial score (nSPS) is 14.6. The van der Waals surface area contributed by atoms with Crippen molar-refractivity contribution in [3.05, 3.63) is 11.3 Å². The zero-order chi connectivity index (χ0) is 12.2.